The first-order valence-corrected chi connectivity index (χ1v) is 12.0. The van der Waals surface area contributed by atoms with Crippen molar-refractivity contribution in [3.05, 3.63) is 0 Å². The molecule has 4 aliphatic carbocycles. The van der Waals surface area contributed by atoms with Crippen LogP contribution in [0.25, 0.3) is 0 Å². The molecule has 0 aromatic rings. The first-order chi connectivity index (χ1) is 14.8. The van der Waals surface area contributed by atoms with Crippen LogP contribution in [0.1, 0.15) is 47.0 Å². The van der Waals surface area contributed by atoms with E-state index in [2.05, 4.69) is 13.8 Å². The van der Waals surface area contributed by atoms with E-state index in [-0.39, 0.29) is 24.4 Å². The predicted molar refractivity (Wildman–Crippen MR) is 108 cm³/mol. The van der Waals surface area contributed by atoms with E-state index >= 15 is 0 Å². The average molecular weight is 435 g/mol. The highest BCUT2D eigenvalue weighted by Crippen LogP contribution is 2.72. The molecule has 1 saturated heterocycles. The highest BCUT2D eigenvalue weighted by atomic mass is 16.7. The molecule has 1 heterocycles. The summed E-state index contributed by atoms with van der Waals surface area (Å²) in [6.07, 6.45) is 0.971. The number of hydrogen-bond acceptors (Lipinski definition) is 7. The molecule has 7 heteroatoms. The fourth-order valence-electron chi connectivity index (χ4n) is 8.21. The third kappa shape index (κ3) is 3.13. The molecule has 12 atom stereocenters. The maximum absolute atomic E-state index is 13.3. The molecule has 0 radical (unpaired) electrons. The SMILES string of the molecule is CCOC(C)OC(=O)C1C2CC(C1C(=O)OC1CCOC1=O)C1C3CC(C(C)C3C)C21. The van der Waals surface area contributed by atoms with Gasteiger partial charge < -0.3 is 18.9 Å². The van der Waals surface area contributed by atoms with Gasteiger partial charge in [-0.1, -0.05) is 13.8 Å². The van der Waals surface area contributed by atoms with Crippen LogP contribution in [0.4, 0.5) is 0 Å². The average Bonchev–Trinajstić information content (AvgIpc) is 3.50. The van der Waals surface area contributed by atoms with Crippen LogP contribution in [-0.2, 0) is 33.3 Å². The second-order valence-corrected chi connectivity index (χ2v) is 10.4. The molecule has 0 spiro atoms. The molecule has 5 aliphatic rings. The lowest BCUT2D eigenvalue weighted by Gasteiger charge is -2.45. The molecule has 0 aromatic heterocycles. The van der Waals surface area contributed by atoms with Gasteiger partial charge in [0.25, 0.3) is 0 Å². The van der Waals surface area contributed by atoms with Crippen molar-refractivity contribution in [3.8, 4) is 0 Å². The lowest BCUT2D eigenvalue weighted by Crippen LogP contribution is -2.48. The summed E-state index contributed by atoms with van der Waals surface area (Å²) >= 11 is 0. The highest BCUT2D eigenvalue weighted by Gasteiger charge is 2.71. The molecular weight excluding hydrogens is 400 g/mol. The molecule has 12 unspecified atom stereocenters. The van der Waals surface area contributed by atoms with Crippen LogP contribution in [0.2, 0.25) is 0 Å². The Hall–Kier alpha value is -1.63. The van der Waals surface area contributed by atoms with Crippen LogP contribution in [0.15, 0.2) is 0 Å². The van der Waals surface area contributed by atoms with Crippen LogP contribution in [0, 0.1) is 59.2 Å². The largest absolute Gasteiger partial charge is 0.463 e. The Balaban J connectivity index is 1.41. The summed E-state index contributed by atoms with van der Waals surface area (Å²) < 4.78 is 21.6. The molecule has 5 rings (SSSR count). The molecule has 31 heavy (non-hydrogen) atoms. The maximum atomic E-state index is 13.3. The Labute approximate surface area is 183 Å². The summed E-state index contributed by atoms with van der Waals surface area (Å²) in [6.45, 7) is 8.97. The monoisotopic (exact) mass is 434 g/mol. The summed E-state index contributed by atoms with van der Waals surface area (Å²) in [7, 11) is 0. The van der Waals surface area contributed by atoms with Gasteiger partial charge in [0.1, 0.15) is 0 Å². The maximum Gasteiger partial charge on any atom is 0.347 e. The lowest BCUT2D eigenvalue weighted by atomic mass is 9.59. The van der Waals surface area contributed by atoms with Gasteiger partial charge in [0.15, 0.2) is 6.29 Å². The van der Waals surface area contributed by atoms with E-state index in [4.69, 9.17) is 18.9 Å². The molecule has 4 bridgehead atoms. The fourth-order valence-corrected chi connectivity index (χ4v) is 8.21. The van der Waals surface area contributed by atoms with Crippen molar-refractivity contribution < 1.29 is 33.3 Å². The molecule has 0 N–H and O–H groups in total. The number of cyclic esters (lactones) is 1. The number of hydrogen-bond donors (Lipinski definition) is 0. The summed E-state index contributed by atoms with van der Waals surface area (Å²) in [4.78, 5) is 38.5. The standard InChI is InChI=1S/C24H34O7/c1-5-28-12(4)30-23(26)20-15-9-16(19-14-8-13(18(15)19)10(2)11(14)3)21(20)24(27)31-17-6-7-29-22(17)25/h10-21H,5-9H2,1-4H3. The zero-order valence-corrected chi connectivity index (χ0v) is 18.8. The van der Waals surface area contributed by atoms with Gasteiger partial charge in [0, 0.05) is 13.0 Å². The highest BCUT2D eigenvalue weighted by molar-refractivity contribution is 5.86. The van der Waals surface area contributed by atoms with Crippen molar-refractivity contribution >= 4 is 17.9 Å². The van der Waals surface area contributed by atoms with Gasteiger partial charge in [-0.15, -0.1) is 0 Å². The van der Waals surface area contributed by atoms with E-state index in [1.54, 1.807) is 6.92 Å². The van der Waals surface area contributed by atoms with E-state index < -0.39 is 36.2 Å². The molecular formula is C24H34O7. The molecule has 0 aromatic carbocycles. The van der Waals surface area contributed by atoms with Gasteiger partial charge in [0.2, 0.25) is 6.10 Å². The molecule has 172 valence electrons. The van der Waals surface area contributed by atoms with Crippen molar-refractivity contribution in [1.82, 2.24) is 0 Å². The Bertz CT molecular complexity index is 765. The van der Waals surface area contributed by atoms with Gasteiger partial charge >= 0.3 is 17.9 Å². The predicted octanol–water partition coefficient (Wildman–Crippen LogP) is 2.81. The van der Waals surface area contributed by atoms with Gasteiger partial charge in [-0.2, -0.15) is 0 Å². The van der Waals surface area contributed by atoms with Crippen molar-refractivity contribution in [2.75, 3.05) is 13.2 Å². The summed E-state index contributed by atoms with van der Waals surface area (Å²) in [5.41, 5.74) is 0. The van der Waals surface area contributed by atoms with E-state index in [0.717, 1.165) is 6.42 Å². The van der Waals surface area contributed by atoms with Gasteiger partial charge in [-0.3, -0.25) is 9.59 Å². The van der Waals surface area contributed by atoms with E-state index in [1.165, 1.54) is 6.42 Å². The lowest BCUT2D eigenvalue weighted by molar-refractivity contribution is -0.189. The van der Waals surface area contributed by atoms with Gasteiger partial charge in [-0.05, 0) is 74.0 Å². The van der Waals surface area contributed by atoms with E-state index in [1.807, 2.05) is 6.92 Å². The minimum Gasteiger partial charge on any atom is -0.463 e. The van der Waals surface area contributed by atoms with Gasteiger partial charge in [0.05, 0.1) is 18.4 Å². The minimum atomic E-state index is -0.847. The van der Waals surface area contributed by atoms with Crippen LogP contribution >= 0.6 is 0 Å². The Morgan fingerprint density at radius 2 is 1.58 bits per heavy atom. The summed E-state index contributed by atoms with van der Waals surface area (Å²) in [5, 5.41) is 0. The smallest absolute Gasteiger partial charge is 0.347 e. The number of carbonyl (C=O) groups excluding carboxylic acids is 3. The zero-order valence-electron chi connectivity index (χ0n) is 18.8. The van der Waals surface area contributed by atoms with Crippen LogP contribution < -0.4 is 0 Å². The third-order valence-electron chi connectivity index (χ3n) is 9.37. The Morgan fingerprint density at radius 1 is 1.00 bits per heavy atom. The molecule has 1 aliphatic heterocycles. The van der Waals surface area contributed by atoms with E-state index in [0.29, 0.717) is 48.5 Å². The molecule has 0 amide bonds. The molecule has 4 saturated carbocycles. The number of carbonyl (C=O) groups is 3. The minimum absolute atomic E-state index is 0.129. The normalized spacial score (nSPS) is 47.9. The Kier molecular flexibility index (Phi) is 5.31. The number of fused-ring (bicyclic) bond motifs is 9. The first-order valence-electron chi connectivity index (χ1n) is 12.0. The van der Waals surface area contributed by atoms with Crippen molar-refractivity contribution in [1.29, 1.82) is 0 Å². The molecule has 7 nitrogen and oxygen atoms in total. The third-order valence-corrected chi connectivity index (χ3v) is 9.37. The Morgan fingerprint density at radius 3 is 2.13 bits per heavy atom. The number of rotatable bonds is 6. The zero-order chi connectivity index (χ0) is 22.0. The van der Waals surface area contributed by atoms with Crippen LogP contribution in [0.5, 0.6) is 0 Å². The number of ether oxygens (including phenoxy) is 4. The fraction of sp³-hybridized carbons (Fsp3) is 0.875. The van der Waals surface area contributed by atoms with Crippen molar-refractivity contribution in [3.63, 3.8) is 0 Å². The van der Waals surface area contributed by atoms with Gasteiger partial charge in [-0.25, -0.2) is 4.79 Å². The second kappa shape index (κ2) is 7.75. The van der Waals surface area contributed by atoms with E-state index in [9.17, 15) is 14.4 Å². The summed E-state index contributed by atoms with van der Waals surface area (Å²) in [6, 6.07) is 0. The number of esters is 3. The first kappa shape index (κ1) is 21.2. The van der Waals surface area contributed by atoms with Crippen molar-refractivity contribution in [2.45, 2.75) is 59.4 Å². The topological polar surface area (TPSA) is 88.1 Å². The quantitative estimate of drug-likeness (QED) is 0.275. The summed E-state index contributed by atoms with van der Waals surface area (Å²) in [5.74, 6) is 1.47. The second-order valence-electron chi connectivity index (χ2n) is 10.4. The molecule has 5 fully saturated rings. The van der Waals surface area contributed by atoms with Crippen LogP contribution in [-0.4, -0.2) is 43.5 Å². The van der Waals surface area contributed by atoms with Crippen LogP contribution in [0.3, 0.4) is 0 Å². The van der Waals surface area contributed by atoms with Crippen molar-refractivity contribution in [2.24, 2.45) is 59.2 Å².